The molecule has 0 aliphatic rings. The van der Waals surface area contributed by atoms with Crippen LogP contribution in [0.3, 0.4) is 0 Å². The Labute approximate surface area is 61.4 Å². The van der Waals surface area contributed by atoms with Gasteiger partial charge in [-0.05, 0) is 12.8 Å². The zero-order chi connectivity index (χ0) is 7.82. The molecule has 0 aliphatic heterocycles. The number of carboxylic acids is 1. The zero-order valence-corrected chi connectivity index (χ0v) is 6.34. The molecule has 1 radical (unpaired) electrons. The Kier molecular flexibility index (Phi) is 6.18. The quantitative estimate of drug-likeness (QED) is 0.562. The lowest BCUT2D eigenvalue weighted by molar-refractivity contribution is -0.137. The van der Waals surface area contributed by atoms with Crippen LogP contribution in [0.2, 0.25) is 0 Å². The van der Waals surface area contributed by atoms with Crippen LogP contribution < -0.4 is 5.32 Å². The van der Waals surface area contributed by atoms with Gasteiger partial charge >= 0.3 is 5.97 Å². The summed E-state index contributed by atoms with van der Waals surface area (Å²) in [6.45, 7) is 0.861. The monoisotopic (exact) mass is 144 g/mol. The van der Waals surface area contributed by atoms with Gasteiger partial charge in [0.15, 0.2) is 0 Å². The maximum Gasteiger partial charge on any atom is 0.303 e. The fourth-order valence-electron chi connectivity index (χ4n) is 0.723. The number of hydrogen-bond donors (Lipinski definition) is 1. The molecule has 0 spiro atoms. The Morgan fingerprint density at radius 3 is 2.60 bits per heavy atom. The van der Waals surface area contributed by atoms with E-state index in [4.69, 9.17) is 5.11 Å². The molecule has 0 amide bonds. The van der Waals surface area contributed by atoms with E-state index in [1.807, 2.05) is 0 Å². The van der Waals surface area contributed by atoms with Crippen LogP contribution in [0.25, 0.3) is 0 Å². The summed E-state index contributed by atoms with van der Waals surface area (Å²) in [4.78, 5) is 10.0. The van der Waals surface area contributed by atoms with Crippen molar-refractivity contribution < 1.29 is 9.90 Å². The Balaban J connectivity index is 2.84. The van der Waals surface area contributed by atoms with Crippen molar-refractivity contribution in [2.24, 2.45) is 0 Å². The summed E-state index contributed by atoms with van der Waals surface area (Å²) in [5.74, 6) is -0.701. The lowest BCUT2D eigenvalue weighted by atomic mass is 10.2. The maximum atomic E-state index is 10.0. The van der Waals surface area contributed by atoms with E-state index in [1.165, 1.54) is 0 Å². The molecule has 59 valence electrons. The van der Waals surface area contributed by atoms with Crippen LogP contribution in [-0.4, -0.2) is 24.7 Å². The van der Waals surface area contributed by atoms with Gasteiger partial charge in [-0.25, -0.2) is 5.32 Å². The summed E-state index contributed by atoms with van der Waals surface area (Å²) in [5, 5.41) is 12.2. The van der Waals surface area contributed by atoms with Crippen LogP contribution in [0.4, 0.5) is 0 Å². The molecule has 10 heavy (non-hydrogen) atoms. The SMILES string of the molecule is C[N]CCCCCC(=O)O. The van der Waals surface area contributed by atoms with Crippen LogP contribution in [0.1, 0.15) is 25.7 Å². The first-order valence-electron chi connectivity index (χ1n) is 3.54. The molecular weight excluding hydrogens is 130 g/mol. The van der Waals surface area contributed by atoms with Gasteiger partial charge in [-0.3, -0.25) is 4.79 Å². The minimum Gasteiger partial charge on any atom is -0.481 e. The number of nitrogens with zero attached hydrogens (tertiary/aromatic N) is 1. The van der Waals surface area contributed by atoms with Crippen molar-refractivity contribution in [1.29, 1.82) is 0 Å². The topological polar surface area (TPSA) is 51.4 Å². The molecule has 0 unspecified atom stereocenters. The van der Waals surface area contributed by atoms with Gasteiger partial charge in [0.1, 0.15) is 0 Å². The Morgan fingerprint density at radius 1 is 1.40 bits per heavy atom. The minimum absolute atomic E-state index is 0.295. The fourth-order valence-corrected chi connectivity index (χ4v) is 0.723. The normalized spacial score (nSPS) is 9.70. The molecule has 0 heterocycles. The van der Waals surface area contributed by atoms with Crippen molar-refractivity contribution in [1.82, 2.24) is 5.32 Å². The lowest BCUT2D eigenvalue weighted by Crippen LogP contribution is -2.00. The number of aliphatic carboxylic acids is 1. The summed E-state index contributed by atoms with van der Waals surface area (Å²) in [5.41, 5.74) is 0. The summed E-state index contributed by atoms with van der Waals surface area (Å²) in [6.07, 6.45) is 3.07. The van der Waals surface area contributed by atoms with Gasteiger partial charge in [-0.2, -0.15) is 0 Å². The minimum atomic E-state index is -0.701. The molecule has 0 aliphatic carbocycles. The van der Waals surface area contributed by atoms with Gasteiger partial charge in [0.2, 0.25) is 0 Å². The van der Waals surface area contributed by atoms with E-state index >= 15 is 0 Å². The van der Waals surface area contributed by atoms with Gasteiger partial charge in [0.25, 0.3) is 0 Å². The lowest BCUT2D eigenvalue weighted by Gasteiger charge is -1.95. The van der Waals surface area contributed by atoms with Crippen molar-refractivity contribution >= 4 is 5.97 Å². The van der Waals surface area contributed by atoms with E-state index in [1.54, 1.807) is 7.05 Å². The largest absolute Gasteiger partial charge is 0.481 e. The molecule has 0 fully saturated rings. The third-order valence-corrected chi connectivity index (χ3v) is 1.27. The molecule has 0 aromatic rings. The van der Waals surface area contributed by atoms with E-state index in [9.17, 15) is 4.79 Å². The van der Waals surface area contributed by atoms with Crippen molar-refractivity contribution in [2.45, 2.75) is 25.7 Å². The summed E-state index contributed by atoms with van der Waals surface area (Å²) >= 11 is 0. The molecule has 0 aromatic carbocycles. The molecule has 0 aromatic heterocycles. The second-order valence-corrected chi connectivity index (χ2v) is 2.24. The van der Waals surface area contributed by atoms with Crippen LogP contribution >= 0.6 is 0 Å². The number of carboxylic acid groups (broad SMARTS) is 1. The Bertz CT molecular complexity index is 93.6. The smallest absolute Gasteiger partial charge is 0.303 e. The Morgan fingerprint density at radius 2 is 2.10 bits per heavy atom. The zero-order valence-electron chi connectivity index (χ0n) is 6.34. The van der Waals surface area contributed by atoms with Crippen LogP contribution in [0.15, 0.2) is 0 Å². The van der Waals surface area contributed by atoms with Crippen LogP contribution in [-0.2, 0) is 4.79 Å². The number of hydrogen-bond acceptors (Lipinski definition) is 1. The van der Waals surface area contributed by atoms with E-state index in [2.05, 4.69) is 5.32 Å². The molecule has 3 nitrogen and oxygen atoms in total. The van der Waals surface area contributed by atoms with E-state index in [-0.39, 0.29) is 0 Å². The predicted octanol–water partition coefficient (Wildman–Crippen LogP) is 0.866. The molecule has 0 saturated carbocycles. The average molecular weight is 144 g/mol. The Hall–Kier alpha value is -0.570. The van der Waals surface area contributed by atoms with E-state index < -0.39 is 5.97 Å². The summed E-state index contributed by atoms with van der Waals surface area (Å²) in [7, 11) is 1.77. The first-order chi connectivity index (χ1) is 4.77. The standard InChI is InChI=1S/C7H14NO2/c1-8-6-4-2-3-5-7(9)10/h2-6H2,1H3,(H,9,10). The third-order valence-electron chi connectivity index (χ3n) is 1.27. The highest BCUT2D eigenvalue weighted by atomic mass is 16.4. The summed E-state index contributed by atoms with van der Waals surface area (Å²) < 4.78 is 0. The molecule has 3 heteroatoms. The van der Waals surface area contributed by atoms with E-state index in [0.717, 1.165) is 25.8 Å². The van der Waals surface area contributed by atoms with Crippen molar-refractivity contribution in [2.75, 3.05) is 13.6 Å². The maximum absolute atomic E-state index is 10.0. The third kappa shape index (κ3) is 7.43. The summed E-state index contributed by atoms with van der Waals surface area (Å²) in [6, 6.07) is 0. The average Bonchev–Trinajstić information content (AvgIpc) is 1.87. The molecular formula is C7H14NO2. The highest BCUT2D eigenvalue weighted by Crippen LogP contribution is 1.98. The molecule has 1 N–H and O–H groups in total. The predicted molar refractivity (Wildman–Crippen MR) is 39.0 cm³/mol. The first kappa shape index (κ1) is 9.43. The highest BCUT2D eigenvalue weighted by Gasteiger charge is 1.94. The molecule has 0 saturated heterocycles. The first-order valence-corrected chi connectivity index (χ1v) is 3.54. The number of carbonyl (C=O) groups is 1. The van der Waals surface area contributed by atoms with Crippen molar-refractivity contribution in [3.05, 3.63) is 0 Å². The van der Waals surface area contributed by atoms with E-state index in [0.29, 0.717) is 6.42 Å². The fraction of sp³-hybridized carbons (Fsp3) is 0.857. The van der Waals surface area contributed by atoms with Gasteiger partial charge < -0.3 is 5.11 Å². The number of rotatable bonds is 6. The molecule has 0 rings (SSSR count). The molecule has 0 atom stereocenters. The molecule has 0 bridgehead atoms. The van der Waals surface area contributed by atoms with Crippen LogP contribution in [0, 0.1) is 0 Å². The van der Waals surface area contributed by atoms with Crippen molar-refractivity contribution in [3.63, 3.8) is 0 Å². The van der Waals surface area contributed by atoms with Crippen LogP contribution in [0.5, 0.6) is 0 Å². The highest BCUT2D eigenvalue weighted by molar-refractivity contribution is 5.66. The second-order valence-electron chi connectivity index (χ2n) is 2.24. The second kappa shape index (κ2) is 6.55. The van der Waals surface area contributed by atoms with Gasteiger partial charge in [-0.15, -0.1) is 0 Å². The van der Waals surface area contributed by atoms with Crippen molar-refractivity contribution in [3.8, 4) is 0 Å². The van der Waals surface area contributed by atoms with Gasteiger partial charge in [0, 0.05) is 20.0 Å². The van der Waals surface area contributed by atoms with Gasteiger partial charge in [-0.1, -0.05) is 6.42 Å². The van der Waals surface area contributed by atoms with Gasteiger partial charge in [0.05, 0.1) is 0 Å². The number of unbranched alkanes of at least 4 members (excludes halogenated alkanes) is 2.